The van der Waals surface area contributed by atoms with Gasteiger partial charge in [-0.05, 0) is 25.0 Å². The van der Waals surface area contributed by atoms with Crippen molar-refractivity contribution in [2.45, 2.75) is 23.3 Å². The number of aromatic amines is 1. The molecule has 2 aromatic rings. The lowest BCUT2D eigenvalue weighted by atomic mass is 10.1. The number of hydrogen-bond donors (Lipinski definition) is 2. The first-order chi connectivity index (χ1) is 8.70. The smallest absolute Gasteiger partial charge is 0.0456 e. The summed E-state index contributed by atoms with van der Waals surface area (Å²) in [6.45, 7) is 3.35. The van der Waals surface area contributed by atoms with Crippen LogP contribution in [0.3, 0.4) is 0 Å². The average molecular weight is 468 g/mol. The lowest BCUT2D eigenvalue weighted by Gasteiger charge is -2.15. The lowest BCUT2D eigenvalue weighted by molar-refractivity contribution is 0.555. The number of hydrogen-bond acceptors (Lipinski definition) is 1. The molecule has 1 unspecified atom stereocenters. The molecule has 2 nitrogen and oxygen atoms in total. The molecule has 2 atom stereocenters. The van der Waals surface area contributed by atoms with Gasteiger partial charge < -0.3 is 10.3 Å². The first-order valence-corrected chi connectivity index (χ1v) is 8.96. The van der Waals surface area contributed by atoms with E-state index in [1.54, 1.807) is 0 Å². The van der Waals surface area contributed by atoms with Crippen LogP contribution < -0.4 is 5.32 Å². The van der Waals surface area contributed by atoms with E-state index in [1.807, 2.05) is 0 Å². The topological polar surface area (TPSA) is 27.8 Å². The standard InChI is InChI=1S/C14H18I2N2/c1-10(17-9-12(16)7-15)6-11-8-18-14-5-3-2-4-13(11)14/h2-5,8,10,12,17-18H,6-7,9H2,1H3/t10-,12?/m1/s1. The monoisotopic (exact) mass is 468 g/mol. The molecular weight excluding hydrogens is 450 g/mol. The van der Waals surface area contributed by atoms with Gasteiger partial charge in [0.25, 0.3) is 0 Å². The van der Waals surface area contributed by atoms with Gasteiger partial charge in [0.05, 0.1) is 0 Å². The Morgan fingerprint density at radius 3 is 2.89 bits per heavy atom. The minimum Gasteiger partial charge on any atom is -0.361 e. The maximum absolute atomic E-state index is 3.61. The molecule has 0 spiro atoms. The maximum Gasteiger partial charge on any atom is 0.0456 e. The Morgan fingerprint density at radius 2 is 2.11 bits per heavy atom. The van der Waals surface area contributed by atoms with E-state index in [2.05, 4.69) is 92.9 Å². The largest absolute Gasteiger partial charge is 0.361 e. The molecule has 0 aliphatic rings. The second kappa shape index (κ2) is 7.09. The first-order valence-electron chi connectivity index (χ1n) is 6.19. The van der Waals surface area contributed by atoms with E-state index in [4.69, 9.17) is 0 Å². The highest BCUT2D eigenvalue weighted by molar-refractivity contribution is 14.1. The number of halogens is 2. The zero-order chi connectivity index (χ0) is 13.0. The number of aromatic nitrogens is 1. The lowest BCUT2D eigenvalue weighted by Crippen LogP contribution is -2.33. The Morgan fingerprint density at radius 1 is 1.33 bits per heavy atom. The number of fused-ring (bicyclic) bond motifs is 1. The van der Waals surface area contributed by atoms with E-state index in [0.717, 1.165) is 13.0 Å². The fourth-order valence-electron chi connectivity index (χ4n) is 2.09. The van der Waals surface area contributed by atoms with Crippen molar-refractivity contribution in [3.63, 3.8) is 0 Å². The van der Waals surface area contributed by atoms with Gasteiger partial charge in [-0.3, -0.25) is 0 Å². The summed E-state index contributed by atoms with van der Waals surface area (Å²) in [6.07, 6.45) is 3.22. The second-order valence-electron chi connectivity index (χ2n) is 4.62. The van der Waals surface area contributed by atoms with Crippen molar-refractivity contribution < 1.29 is 0 Å². The summed E-state index contributed by atoms with van der Waals surface area (Å²) < 4.78 is 1.92. The third-order valence-electron chi connectivity index (χ3n) is 3.06. The number of para-hydroxylation sites is 1. The Bertz CT molecular complexity index is 495. The van der Waals surface area contributed by atoms with Crippen LogP contribution in [-0.4, -0.2) is 25.9 Å². The quantitative estimate of drug-likeness (QED) is 0.489. The molecule has 1 aromatic carbocycles. The Labute approximate surface area is 136 Å². The summed E-state index contributed by atoms with van der Waals surface area (Å²) in [5, 5.41) is 4.96. The summed E-state index contributed by atoms with van der Waals surface area (Å²) in [4.78, 5) is 3.34. The highest BCUT2D eigenvalue weighted by atomic mass is 127. The van der Waals surface area contributed by atoms with Gasteiger partial charge in [-0.1, -0.05) is 63.4 Å². The van der Waals surface area contributed by atoms with Gasteiger partial charge in [0.2, 0.25) is 0 Å². The Balaban J connectivity index is 1.96. The molecule has 0 bridgehead atoms. The van der Waals surface area contributed by atoms with Crippen molar-refractivity contribution in [1.29, 1.82) is 0 Å². The van der Waals surface area contributed by atoms with E-state index in [0.29, 0.717) is 9.97 Å². The van der Waals surface area contributed by atoms with E-state index in [1.165, 1.54) is 20.9 Å². The minimum absolute atomic E-state index is 0.518. The molecule has 18 heavy (non-hydrogen) atoms. The molecule has 98 valence electrons. The van der Waals surface area contributed by atoms with Gasteiger partial charge in [0, 0.05) is 38.0 Å². The molecule has 0 saturated carbocycles. The van der Waals surface area contributed by atoms with Gasteiger partial charge in [-0.2, -0.15) is 0 Å². The van der Waals surface area contributed by atoms with Crippen LogP contribution in [-0.2, 0) is 6.42 Å². The number of H-pyrrole nitrogens is 1. The molecule has 1 heterocycles. The molecule has 0 amide bonds. The molecule has 0 radical (unpaired) electrons. The predicted molar refractivity (Wildman–Crippen MR) is 96.2 cm³/mol. The van der Waals surface area contributed by atoms with Gasteiger partial charge in [0.1, 0.15) is 0 Å². The molecule has 4 heteroatoms. The molecule has 0 saturated heterocycles. The molecule has 2 rings (SSSR count). The van der Waals surface area contributed by atoms with Crippen molar-refractivity contribution in [3.05, 3.63) is 36.0 Å². The molecule has 1 aromatic heterocycles. The predicted octanol–water partition coefficient (Wildman–Crippen LogP) is 3.93. The van der Waals surface area contributed by atoms with Crippen molar-refractivity contribution in [2.75, 3.05) is 11.0 Å². The summed E-state index contributed by atoms with van der Waals surface area (Å²) in [6, 6.07) is 9.03. The van der Waals surface area contributed by atoms with Crippen LogP contribution in [0.2, 0.25) is 0 Å². The molecule has 0 fully saturated rings. The zero-order valence-corrected chi connectivity index (χ0v) is 14.7. The zero-order valence-electron chi connectivity index (χ0n) is 10.4. The van der Waals surface area contributed by atoms with Crippen LogP contribution in [0.15, 0.2) is 30.5 Å². The third-order valence-corrected chi connectivity index (χ3v) is 6.69. The van der Waals surface area contributed by atoms with Gasteiger partial charge >= 0.3 is 0 Å². The second-order valence-corrected chi connectivity index (χ2v) is 7.27. The molecule has 0 aliphatic heterocycles. The number of alkyl halides is 2. The normalized spacial score (nSPS) is 14.8. The fourth-order valence-corrected chi connectivity index (χ4v) is 2.65. The average Bonchev–Trinajstić information content (AvgIpc) is 2.79. The van der Waals surface area contributed by atoms with E-state index >= 15 is 0 Å². The van der Waals surface area contributed by atoms with Crippen LogP contribution in [0.4, 0.5) is 0 Å². The van der Waals surface area contributed by atoms with Crippen LogP contribution >= 0.6 is 45.2 Å². The molecule has 2 N–H and O–H groups in total. The van der Waals surface area contributed by atoms with Crippen molar-refractivity contribution in [1.82, 2.24) is 10.3 Å². The van der Waals surface area contributed by atoms with Crippen molar-refractivity contribution >= 4 is 56.1 Å². The van der Waals surface area contributed by atoms with Gasteiger partial charge in [-0.25, -0.2) is 0 Å². The Kier molecular flexibility index (Phi) is 5.75. The SMILES string of the molecule is C[C@H](Cc1c[nH]c2ccccc12)NCC(I)CI. The molecule has 0 aliphatic carbocycles. The fraction of sp³-hybridized carbons (Fsp3) is 0.429. The van der Waals surface area contributed by atoms with E-state index in [-0.39, 0.29) is 0 Å². The summed E-state index contributed by atoms with van der Waals surface area (Å²) in [5.41, 5.74) is 2.64. The Hall–Kier alpha value is 0.180. The van der Waals surface area contributed by atoms with Crippen LogP contribution in [0.25, 0.3) is 10.9 Å². The van der Waals surface area contributed by atoms with Crippen molar-refractivity contribution in [3.8, 4) is 0 Å². The third kappa shape index (κ3) is 3.84. The number of benzene rings is 1. The van der Waals surface area contributed by atoms with E-state index < -0.39 is 0 Å². The molecular formula is C14H18I2N2. The van der Waals surface area contributed by atoms with Crippen molar-refractivity contribution in [2.24, 2.45) is 0 Å². The summed E-state index contributed by atoms with van der Waals surface area (Å²) in [5.74, 6) is 0. The van der Waals surface area contributed by atoms with Gasteiger partial charge in [0.15, 0.2) is 0 Å². The van der Waals surface area contributed by atoms with Crippen LogP contribution in [0, 0.1) is 0 Å². The number of rotatable bonds is 6. The summed E-state index contributed by atoms with van der Waals surface area (Å²) >= 11 is 4.95. The number of nitrogens with one attached hydrogen (secondary N) is 2. The summed E-state index contributed by atoms with van der Waals surface area (Å²) in [7, 11) is 0. The highest BCUT2D eigenvalue weighted by Gasteiger charge is 2.09. The minimum atomic E-state index is 0.518. The maximum atomic E-state index is 3.61. The van der Waals surface area contributed by atoms with Gasteiger partial charge in [-0.15, -0.1) is 0 Å². The first kappa shape index (κ1) is 14.6. The van der Waals surface area contributed by atoms with E-state index in [9.17, 15) is 0 Å². The highest BCUT2D eigenvalue weighted by Crippen LogP contribution is 2.19. The van der Waals surface area contributed by atoms with Crippen LogP contribution in [0.5, 0.6) is 0 Å². The van der Waals surface area contributed by atoms with Crippen LogP contribution in [0.1, 0.15) is 12.5 Å².